The summed E-state index contributed by atoms with van der Waals surface area (Å²) in [7, 11) is 1.28. The van der Waals surface area contributed by atoms with E-state index in [0.29, 0.717) is 11.2 Å². The van der Waals surface area contributed by atoms with Crippen LogP contribution in [0.15, 0.2) is 36.9 Å². The molecule has 2 aromatic heterocycles. The number of carbonyl (C=O) groups is 2. The SMILES string of the molecule is COC(=O)[C@@H](Cc1ccc(-c2ncnc3c2ncn3[C@@H]2CCCCO2)cc1)NC(=O)OC(C)(C)C. The van der Waals surface area contributed by atoms with E-state index >= 15 is 0 Å². The molecular formula is C25H31N5O5. The van der Waals surface area contributed by atoms with E-state index in [1.165, 1.54) is 13.4 Å². The number of rotatable bonds is 6. The van der Waals surface area contributed by atoms with E-state index in [9.17, 15) is 9.59 Å². The van der Waals surface area contributed by atoms with Gasteiger partial charge in [0.25, 0.3) is 0 Å². The van der Waals surface area contributed by atoms with Gasteiger partial charge in [-0.2, -0.15) is 0 Å². The topological polar surface area (TPSA) is 117 Å². The maximum Gasteiger partial charge on any atom is 0.408 e. The minimum Gasteiger partial charge on any atom is -0.467 e. The summed E-state index contributed by atoms with van der Waals surface area (Å²) in [6, 6.07) is 6.72. The molecule has 2 atom stereocenters. The Kier molecular flexibility index (Phi) is 7.30. The number of benzene rings is 1. The summed E-state index contributed by atoms with van der Waals surface area (Å²) in [5, 5.41) is 2.60. The van der Waals surface area contributed by atoms with Crippen LogP contribution in [0.25, 0.3) is 22.4 Å². The Morgan fingerprint density at radius 3 is 2.60 bits per heavy atom. The van der Waals surface area contributed by atoms with E-state index in [4.69, 9.17) is 14.2 Å². The van der Waals surface area contributed by atoms with Gasteiger partial charge in [0.05, 0.1) is 13.4 Å². The van der Waals surface area contributed by atoms with E-state index < -0.39 is 23.7 Å². The molecule has 1 aliphatic heterocycles. The molecule has 0 unspecified atom stereocenters. The number of ether oxygens (including phenoxy) is 3. The van der Waals surface area contributed by atoms with Crippen molar-refractivity contribution in [2.24, 2.45) is 0 Å². The number of imidazole rings is 1. The van der Waals surface area contributed by atoms with Gasteiger partial charge in [0.2, 0.25) is 0 Å². The molecule has 1 aliphatic rings. The molecule has 4 rings (SSSR count). The highest BCUT2D eigenvalue weighted by molar-refractivity contribution is 5.87. The Morgan fingerprint density at radius 2 is 1.94 bits per heavy atom. The lowest BCUT2D eigenvalue weighted by Gasteiger charge is -2.23. The minimum atomic E-state index is -0.877. The number of nitrogens with zero attached hydrogens (tertiary/aromatic N) is 4. The number of nitrogens with one attached hydrogen (secondary N) is 1. The number of amides is 1. The lowest BCUT2D eigenvalue weighted by atomic mass is 10.0. The lowest BCUT2D eigenvalue weighted by molar-refractivity contribution is -0.143. The quantitative estimate of drug-likeness (QED) is 0.528. The number of alkyl carbamates (subject to hydrolysis) is 1. The van der Waals surface area contributed by atoms with Gasteiger partial charge in [-0.1, -0.05) is 24.3 Å². The monoisotopic (exact) mass is 481 g/mol. The van der Waals surface area contributed by atoms with Crippen molar-refractivity contribution in [2.75, 3.05) is 13.7 Å². The number of fused-ring (bicyclic) bond motifs is 1. The van der Waals surface area contributed by atoms with E-state index in [-0.39, 0.29) is 12.6 Å². The highest BCUT2D eigenvalue weighted by Crippen LogP contribution is 2.29. The molecule has 186 valence electrons. The first-order valence-electron chi connectivity index (χ1n) is 11.7. The van der Waals surface area contributed by atoms with Gasteiger partial charge in [0, 0.05) is 18.6 Å². The molecule has 35 heavy (non-hydrogen) atoms. The van der Waals surface area contributed by atoms with Crippen LogP contribution in [-0.2, 0) is 25.4 Å². The molecule has 0 spiro atoms. The van der Waals surface area contributed by atoms with Gasteiger partial charge in [-0.25, -0.2) is 24.5 Å². The van der Waals surface area contributed by atoms with Crippen LogP contribution in [-0.4, -0.2) is 56.9 Å². The minimum absolute atomic E-state index is 0.0633. The molecule has 1 fully saturated rings. The average Bonchev–Trinajstić information content (AvgIpc) is 3.27. The zero-order valence-electron chi connectivity index (χ0n) is 20.5. The smallest absolute Gasteiger partial charge is 0.408 e. The van der Waals surface area contributed by atoms with Gasteiger partial charge >= 0.3 is 12.1 Å². The van der Waals surface area contributed by atoms with Gasteiger partial charge in [-0.05, 0) is 45.6 Å². The summed E-state index contributed by atoms with van der Waals surface area (Å²) >= 11 is 0. The van der Waals surface area contributed by atoms with Gasteiger partial charge in [-0.3, -0.25) is 4.57 Å². The molecule has 0 radical (unpaired) electrons. The normalized spacial score (nSPS) is 17.1. The third kappa shape index (κ3) is 5.94. The maximum absolute atomic E-state index is 12.3. The van der Waals surface area contributed by atoms with Crippen molar-refractivity contribution in [3.05, 3.63) is 42.5 Å². The fraction of sp³-hybridized carbons (Fsp3) is 0.480. The highest BCUT2D eigenvalue weighted by atomic mass is 16.6. The Morgan fingerprint density at radius 1 is 1.17 bits per heavy atom. The second-order valence-corrected chi connectivity index (χ2v) is 9.49. The standard InChI is InChI=1S/C25H31N5O5/c1-25(2,3)35-24(32)29-18(23(31)33-4)13-16-8-10-17(11-9-16)20-21-22(27-14-26-20)30(15-28-21)19-7-5-6-12-34-19/h8-11,14-15,18-19H,5-7,12-13H2,1-4H3,(H,29,32)/t18-,19+/m1/s1. The Balaban J connectivity index is 1.52. The predicted octanol–water partition coefficient (Wildman–Crippen LogP) is 3.80. The number of hydrogen-bond donors (Lipinski definition) is 1. The van der Waals surface area contributed by atoms with E-state index in [1.807, 2.05) is 28.8 Å². The maximum atomic E-state index is 12.3. The molecule has 3 heterocycles. The molecule has 1 aromatic carbocycles. The second-order valence-electron chi connectivity index (χ2n) is 9.49. The van der Waals surface area contributed by atoms with Crippen LogP contribution >= 0.6 is 0 Å². The second kappa shape index (κ2) is 10.4. The summed E-state index contributed by atoms with van der Waals surface area (Å²) in [5.41, 5.74) is 3.18. The van der Waals surface area contributed by atoms with Gasteiger partial charge in [-0.15, -0.1) is 0 Å². The number of esters is 1. The van der Waals surface area contributed by atoms with Crippen molar-refractivity contribution in [3.8, 4) is 11.3 Å². The van der Waals surface area contributed by atoms with Crippen LogP contribution in [0.4, 0.5) is 4.79 Å². The Hall–Kier alpha value is -3.53. The molecule has 1 N–H and O–H groups in total. The Labute approximate surface area is 204 Å². The number of hydrogen-bond acceptors (Lipinski definition) is 8. The molecule has 1 amide bonds. The average molecular weight is 482 g/mol. The van der Waals surface area contributed by atoms with Gasteiger partial charge in [0.15, 0.2) is 5.65 Å². The molecule has 3 aromatic rings. The van der Waals surface area contributed by atoms with Crippen LogP contribution < -0.4 is 5.32 Å². The molecule has 10 heteroatoms. The van der Waals surface area contributed by atoms with Crippen molar-refractivity contribution in [1.29, 1.82) is 0 Å². The zero-order chi connectivity index (χ0) is 25.0. The summed E-state index contributed by atoms with van der Waals surface area (Å²) < 4.78 is 18.0. The predicted molar refractivity (Wildman–Crippen MR) is 128 cm³/mol. The fourth-order valence-corrected chi connectivity index (χ4v) is 4.04. The first kappa shape index (κ1) is 24.6. The van der Waals surface area contributed by atoms with Crippen molar-refractivity contribution < 1.29 is 23.8 Å². The third-order valence-electron chi connectivity index (χ3n) is 5.67. The molecule has 0 bridgehead atoms. The summed E-state index contributed by atoms with van der Waals surface area (Å²) in [4.78, 5) is 37.9. The molecule has 0 saturated carbocycles. The zero-order valence-corrected chi connectivity index (χ0v) is 20.5. The molecular weight excluding hydrogens is 450 g/mol. The number of methoxy groups -OCH3 is 1. The van der Waals surface area contributed by atoms with Crippen molar-refractivity contribution in [1.82, 2.24) is 24.8 Å². The first-order valence-corrected chi connectivity index (χ1v) is 11.7. The van der Waals surface area contributed by atoms with Crippen molar-refractivity contribution >= 4 is 23.2 Å². The van der Waals surface area contributed by atoms with Crippen LogP contribution in [0.1, 0.15) is 51.8 Å². The number of carbonyl (C=O) groups excluding carboxylic acids is 2. The summed E-state index contributed by atoms with van der Waals surface area (Å²) in [6.07, 6.45) is 5.91. The van der Waals surface area contributed by atoms with E-state index in [1.54, 1.807) is 27.1 Å². The van der Waals surface area contributed by atoms with Gasteiger partial charge in [0.1, 0.15) is 35.4 Å². The largest absolute Gasteiger partial charge is 0.467 e. The first-order chi connectivity index (χ1) is 16.7. The number of aromatic nitrogens is 4. The van der Waals surface area contributed by atoms with E-state index in [2.05, 4.69) is 20.3 Å². The van der Waals surface area contributed by atoms with Gasteiger partial charge < -0.3 is 19.5 Å². The third-order valence-corrected chi connectivity index (χ3v) is 5.67. The van der Waals surface area contributed by atoms with Crippen molar-refractivity contribution in [2.45, 2.75) is 64.3 Å². The molecule has 10 nitrogen and oxygen atoms in total. The highest BCUT2D eigenvalue weighted by Gasteiger charge is 2.25. The summed E-state index contributed by atoms with van der Waals surface area (Å²) in [5.74, 6) is -0.548. The van der Waals surface area contributed by atoms with E-state index in [0.717, 1.165) is 42.6 Å². The fourth-order valence-electron chi connectivity index (χ4n) is 4.04. The van der Waals surface area contributed by atoms with Crippen LogP contribution in [0, 0.1) is 0 Å². The van der Waals surface area contributed by atoms with Crippen LogP contribution in [0.2, 0.25) is 0 Å². The van der Waals surface area contributed by atoms with Crippen LogP contribution in [0.3, 0.4) is 0 Å². The molecule has 1 saturated heterocycles. The van der Waals surface area contributed by atoms with Crippen LogP contribution in [0.5, 0.6) is 0 Å². The lowest BCUT2D eigenvalue weighted by Crippen LogP contribution is -2.45. The van der Waals surface area contributed by atoms with Crippen molar-refractivity contribution in [3.63, 3.8) is 0 Å². The summed E-state index contributed by atoms with van der Waals surface area (Å²) in [6.45, 7) is 6.01. The molecule has 0 aliphatic carbocycles. The Bertz CT molecular complexity index is 1180.